The van der Waals surface area contributed by atoms with E-state index >= 15 is 0 Å². The molecule has 1 aromatic carbocycles. The van der Waals surface area contributed by atoms with Gasteiger partial charge in [-0.1, -0.05) is 76.6 Å². The van der Waals surface area contributed by atoms with Crippen molar-refractivity contribution in [3.05, 3.63) is 47.0 Å². The first-order valence-corrected chi connectivity index (χ1v) is 11.1. The minimum absolute atomic E-state index is 0.266. The standard InChI is InChI=1S/C19H31ClOSi/c1-16(2)22(6,19(3,4)5)21-15-11-7-8-12-17-13-9-10-14-18(17)20/h7-10,13-14,16H,11-12,15H2,1-6H3/b8-7+. The van der Waals surface area contributed by atoms with Crippen molar-refractivity contribution >= 4 is 19.9 Å². The van der Waals surface area contributed by atoms with E-state index in [2.05, 4.69) is 59.4 Å². The Hall–Kier alpha value is -0.573. The van der Waals surface area contributed by atoms with Gasteiger partial charge in [0, 0.05) is 11.6 Å². The van der Waals surface area contributed by atoms with E-state index in [1.807, 2.05) is 18.2 Å². The van der Waals surface area contributed by atoms with E-state index in [1.165, 1.54) is 5.56 Å². The normalized spacial score (nSPS) is 15.5. The Kier molecular flexibility index (Phi) is 7.37. The van der Waals surface area contributed by atoms with Gasteiger partial charge in [0.2, 0.25) is 0 Å². The van der Waals surface area contributed by atoms with Gasteiger partial charge in [0.1, 0.15) is 0 Å². The Bertz CT molecular complexity index is 490. The second-order valence-corrected chi connectivity index (χ2v) is 13.0. The van der Waals surface area contributed by atoms with Crippen LogP contribution in [0.5, 0.6) is 0 Å². The summed E-state index contributed by atoms with van der Waals surface area (Å²) in [6.45, 7) is 14.7. The molecule has 124 valence electrons. The average molecular weight is 339 g/mol. The van der Waals surface area contributed by atoms with Gasteiger partial charge >= 0.3 is 0 Å². The van der Waals surface area contributed by atoms with E-state index in [-0.39, 0.29) is 5.04 Å². The highest BCUT2D eigenvalue weighted by Gasteiger charge is 2.44. The van der Waals surface area contributed by atoms with Gasteiger partial charge in [-0.05, 0) is 41.6 Å². The lowest BCUT2D eigenvalue weighted by molar-refractivity contribution is 0.282. The van der Waals surface area contributed by atoms with Crippen LogP contribution in [0.25, 0.3) is 0 Å². The Morgan fingerprint density at radius 1 is 1.18 bits per heavy atom. The predicted molar refractivity (Wildman–Crippen MR) is 101 cm³/mol. The number of hydrogen-bond donors (Lipinski definition) is 0. The topological polar surface area (TPSA) is 9.23 Å². The molecule has 0 aliphatic heterocycles. The molecule has 0 fully saturated rings. The molecule has 0 saturated heterocycles. The van der Waals surface area contributed by atoms with Gasteiger partial charge in [0.15, 0.2) is 8.32 Å². The third-order valence-electron chi connectivity index (χ3n) is 4.74. The lowest BCUT2D eigenvalue weighted by Crippen LogP contribution is -2.47. The molecule has 1 aromatic rings. The molecule has 0 saturated carbocycles. The Morgan fingerprint density at radius 3 is 2.36 bits per heavy atom. The SMILES string of the molecule is CC(C)[Si](C)(OCC/C=C/Cc1ccccc1Cl)C(C)(C)C. The van der Waals surface area contributed by atoms with Gasteiger partial charge < -0.3 is 4.43 Å². The van der Waals surface area contributed by atoms with Crippen LogP contribution in [0.3, 0.4) is 0 Å². The number of hydrogen-bond acceptors (Lipinski definition) is 1. The van der Waals surface area contributed by atoms with E-state index in [4.69, 9.17) is 16.0 Å². The fraction of sp³-hybridized carbons (Fsp3) is 0.579. The van der Waals surface area contributed by atoms with Crippen molar-refractivity contribution in [3.8, 4) is 0 Å². The monoisotopic (exact) mass is 338 g/mol. The molecule has 0 amide bonds. The Morgan fingerprint density at radius 2 is 1.82 bits per heavy atom. The maximum Gasteiger partial charge on any atom is 0.197 e. The first-order valence-electron chi connectivity index (χ1n) is 8.21. The minimum Gasteiger partial charge on any atom is -0.416 e. The van der Waals surface area contributed by atoms with Crippen LogP contribution in [0.15, 0.2) is 36.4 Å². The number of halogens is 1. The summed E-state index contributed by atoms with van der Waals surface area (Å²) in [5.74, 6) is 0. The fourth-order valence-corrected chi connectivity index (χ4v) is 5.83. The van der Waals surface area contributed by atoms with Crippen molar-refractivity contribution in [2.24, 2.45) is 0 Å². The van der Waals surface area contributed by atoms with Crippen LogP contribution in [0, 0.1) is 0 Å². The van der Waals surface area contributed by atoms with Crippen LogP contribution in [0.1, 0.15) is 46.6 Å². The molecule has 0 aromatic heterocycles. The first-order chi connectivity index (χ1) is 10.2. The molecule has 0 heterocycles. The van der Waals surface area contributed by atoms with E-state index < -0.39 is 8.32 Å². The van der Waals surface area contributed by atoms with Crippen molar-refractivity contribution in [1.29, 1.82) is 0 Å². The van der Waals surface area contributed by atoms with E-state index in [0.717, 1.165) is 24.5 Å². The van der Waals surface area contributed by atoms with Gasteiger partial charge in [-0.2, -0.15) is 0 Å². The molecule has 22 heavy (non-hydrogen) atoms. The summed E-state index contributed by atoms with van der Waals surface area (Å²) in [5.41, 5.74) is 1.80. The molecule has 1 unspecified atom stereocenters. The summed E-state index contributed by atoms with van der Waals surface area (Å²) in [4.78, 5) is 0. The highest BCUT2D eigenvalue weighted by atomic mass is 35.5. The van der Waals surface area contributed by atoms with Crippen LogP contribution in [0.4, 0.5) is 0 Å². The molecule has 0 spiro atoms. The summed E-state index contributed by atoms with van der Waals surface area (Å²) >= 11 is 6.16. The first kappa shape index (κ1) is 19.5. The van der Waals surface area contributed by atoms with Gasteiger partial charge in [-0.15, -0.1) is 0 Å². The molecule has 3 heteroatoms. The van der Waals surface area contributed by atoms with Gasteiger partial charge in [0.25, 0.3) is 0 Å². The molecule has 0 aliphatic rings. The number of rotatable bonds is 7. The number of benzene rings is 1. The van der Waals surface area contributed by atoms with E-state index in [9.17, 15) is 0 Å². The van der Waals surface area contributed by atoms with Crippen LogP contribution in [0.2, 0.25) is 22.1 Å². The summed E-state index contributed by atoms with van der Waals surface area (Å²) in [6, 6.07) is 8.01. The van der Waals surface area contributed by atoms with Crippen LogP contribution >= 0.6 is 11.6 Å². The van der Waals surface area contributed by atoms with Gasteiger partial charge in [-0.25, -0.2) is 0 Å². The van der Waals surface area contributed by atoms with Crippen molar-refractivity contribution < 1.29 is 4.43 Å². The van der Waals surface area contributed by atoms with Crippen molar-refractivity contribution in [3.63, 3.8) is 0 Å². The molecule has 0 aliphatic carbocycles. The molecular weight excluding hydrogens is 308 g/mol. The average Bonchev–Trinajstić information content (AvgIpc) is 2.42. The second kappa shape index (κ2) is 8.33. The third kappa shape index (κ3) is 5.26. The second-order valence-electron chi connectivity index (χ2n) is 7.42. The molecular formula is C19H31ClOSi. The summed E-state index contributed by atoms with van der Waals surface area (Å²) in [7, 11) is -1.72. The predicted octanol–water partition coefficient (Wildman–Crippen LogP) is 6.63. The van der Waals surface area contributed by atoms with Crippen molar-refractivity contribution in [1.82, 2.24) is 0 Å². The molecule has 1 rings (SSSR count). The lowest BCUT2D eigenvalue weighted by atomic mass is 10.1. The maximum atomic E-state index is 6.39. The zero-order chi connectivity index (χ0) is 16.8. The molecule has 0 bridgehead atoms. The van der Waals surface area contributed by atoms with Gasteiger partial charge in [0.05, 0.1) is 0 Å². The molecule has 0 radical (unpaired) electrons. The largest absolute Gasteiger partial charge is 0.416 e. The summed E-state index contributed by atoms with van der Waals surface area (Å²) in [5, 5.41) is 1.11. The fourth-order valence-electron chi connectivity index (χ4n) is 2.58. The Labute approximate surface area is 142 Å². The smallest absolute Gasteiger partial charge is 0.197 e. The Balaban J connectivity index is 2.44. The van der Waals surface area contributed by atoms with Crippen molar-refractivity contribution in [2.75, 3.05) is 6.61 Å². The van der Waals surface area contributed by atoms with Gasteiger partial charge in [-0.3, -0.25) is 0 Å². The third-order valence-corrected chi connectivity index (χ3v) is 11.1. The number of allylic oxidation sites excluding steroid dienone is 1. The van der Waals surface area contributed by atoms with Crippen LogP contribution < -0.4 is 0 Å². The van der Waals surface area contributed by atoms with E-state index in [0.29, 0.717) is 5.54 Å². The summed E-state index contributed by atoms with van der Waals surface area (Å²) < 4.78 is 6.39. The molecule has 1 nitrogen and oxygen atoms in total. The molecule has 0 N–H and O–H groups in total. The molecule has 1 atom stereocenters. The van der Waals surface area contributed by atoms with Crippen LogP contribution in [-0.2, 0) is 10.8 Å². The zero-order valence-corrected chi connectivity index (χ0v) is 16.7. The van der Waals surface area contributed by atoms with Crippen LogP contribution in [-0.4, -0.2) is 14.9 Å². The summed E-state index contributed by atoms with van der Waals surface area (Å²) in [6.07, 6.45) is 6.25. The minimum atomic E-state index is -1.72. The lowest BCUT2D eigenvalue weighted by Gasteiger charge is -2.42. The quantitative estimate of drug-likeness (QED) is 0.308. The highest BCUT2D eigenvalue weighted by Crippen LogP contribution is 2.43. The maximum absolute atomic E-state index is 6.39. The zero-order valence-electron chi connectivity index (χ0n) is 14.9. The highest BCUT2D eigenvalue weighted by molar-refractivity contribution is 6.76. The van der Waals surface area contributed by atoms with Crippen molar-refractivity contribution in [2.45, 2.75) is 64.6 Å². The van der Waals surface area contributed by atoms with E-state index in [1.54, 1.807) is 0 Å².